The number of aromatic nitrogens is 3. The van der Waals surface area contributed by atoms with Crippen molar-refractivity contribution < 1.29 is 22.7 Å². The van der Waals surface area contributed by atoms with Crippen molar-refractivity contribution in [2.45, 2.75) is 32.0 Å². The molecule has 4 heterocycles. The van der Waals surface area contributed by atoms with Gasteiger partial charge in [-0.1, -0.05) is 0 Å². The van der Waals surface area contributed by atoms with Crippen molar-refractivity contribution in [3.8, 4) is 5.75 Å². The summed E-state index contributed by atoms with van der Waals surface area (Å²) in [4.78, 5) is 33.5. The highest BCUT2D eigenvalue weighted by Crippen LogP contribution is 2.33. The molecule has 0 atom stereocenters. The maximum absolute atomic E-state index is 13.1. The van der Waals surface area contributed by atoms with Gasteiger partial charge in [0.25, 0.3) is 5.91 Å². The van der Waals surface area contributed by atoms with E-state index in [1.807, 2.05) is 13.1 Å². The van der Waals surface area contributed by atoms with Gasteiger partial charge in [0.2, 0.25) is 0 Å². The number of nitrogen functional groups attached to an aromatic ring is 1. The highest BCUT2D eigenvalue weighted by atomic mass is 19.4. The number of benzene rings is 1. The van der Waals surface area contributed by atoms with Crippen molar-refractivity contribution in [1.82, 2.24) is 24.8 Å². The van der Waals surface area contributed by atoms with Gasteiger partial charge in [-0.2, -0.15) is 0 Å². The summed E-state index contributed by atoms with van der Waals surface area (Å²) in [6, 6.07) is 5.47. The second kappa shape index (κ2) is 10.2. The standard InChI is InChI=1S/C26H30F3N7O2/c1-16-32-22-13-18(35-11-9-34(2)10-12-35)15-31-24(22)23(33-16)17-5-7-36(8-6-17)25(37)20-4-3-19(14-21(20)30)38-26(27,28)29/h3-4,13-15,17H,5-12,30H2,1-2H3. The van der Waals surface area contributed by atoms with Crippen LogP contribution >= 0.6 is 0 Å². The van der Waals surface area contributed by atoms with E-state index in [0.717, 1.165) is 60.7 Å². The number of carbonyl (C=O) groups is 1. The fourth-order valence-electron chi connectivity index (χ4n) is 5.13. The smallest absolute Gasteiger partial charge is 0.406 e. The number of piperidine rings is 1. The van der Waals surface area contributed by atoms with Crippen LogP contribution in [0.4, 0.5) is 24.5 Å². The molecular weight excluding hydrogens is 499 g/mol. The summed E-state index contributed by atoms with van der Waals surface area (Å²) in [5.74, 6) is 0.000133. The molecule has 2 fully saturated rings. The number of aryl methyl sites for hydroxylation is 1. The number of nitrogens with zero attached hydrogens (tertiary/aromatic N) is 6. The summed E-state index contributed by atoms with van der Waals surface area (Å²) in [5, 5.41) is 0. The monoisotopic (exact) mass is 529 g/mol. The molecule has 2 aromatic heterocycles. The number of likely N-dealkylation sites (tertiary alicyclic amines) is 1. The predicted molar refractivity (Wildman–Crippen MR) is 137 cm³/mol. The lowest BCUT2D eigenvalue weighted by Crippen LogP contribution is -2.44. The van der Waals surface area contributed by atoms with Gasteiger partial charge < -0.3 is 25.2 Å². The molecule has 5 rings (SSSR count). The van der Waals surface area contributed by atoms with Crippen LogP contribution in [0.1, 0.15) is 40.6 Å². The summed E-state index contributed by atoms with van der Waals surface area (Å²) < 4.78 is 41.3. The molecule has 2 N–H and O–H groups in total. The number of carbonyl (C=O) groups excluding carboxylic acids is 1. The third-order valence-corrected chi connectivity index (χ3v) is 7.18. The van der Waals surface area contributed by atoms with E-state index in [0.29, 0.717) is 31.8 Å². The average Bonchev–Trinajstić information content (AvgIpc) is 2.87. The second-order valence-corrected chi connectivity index (χ2v) is 9.87. The van der Waals surface area contributed by atoms with Crippen molar-refractivity contribution >= 4 is 28.3 Å². The summed E-state index contributed by atoms with van der Waals surface area (Å²) >= 11 is 0. The number of alkyl halides is 3. The molecule has 0 bridgehead atoms. The number of hydrogen-bond acceptors (Lipinski definition) is 8. The molecule has 202 valence electrons. The molecule has 2 saturated heterocycles. The predicted octanol–water partition coefficient (Wildman–Crippen LogP) is 3.59. The molecule has 1 aromatic carbocycles. The van der Waals surface area contributed by atoms with Crippen molar-refractivity contribution in [3.05, 3.63) is 47.5 Å². The highest BCUT2D eigenvalue weighted by molar-refractivity contribution is 5.99. The maximum atomic E-state index is 13.1. The van der Waals surface area contributed by atoms with Crippen LogP contribution in [-0.2, 0) is 0 Å². The van der Waals surface area contributed by atoms with Gasteiger partial charge in [0, 0.05) is 56.9 Å². The molecule has 38 heavy (non-hydrogen) atoms. The fraction of sp³-hybridized carbons (Fsp3) is 0.462. The number of piperazine rings is 1. The zero-order valence-electron chi connectivity index (χ0n) is 21.3. The van der Waals surface area contributed by atoms with Crippen LogP contribution in [0.15, 0.2) is 30.5 Å². The molecule has 0 unspecified atom stereocenters. The quantitative estimate of drug-likeness (QED) is 0.512. The molecule has 2 aliphatic rings. The van der Waals surface area contributed by atoms with Crippen molar-refractivity contribution in [2.75, 3.05) is 56.9 Å². The van der Waals surface area contributed by atoms with Crippen LogP contribution in [0.2, 0.25) is 0 Å². The molecule has 0 saturated carbocycles. The number of halogens is 3. The van der Waals surface area contributed by atoms with Gasteiger partial charge in [0.15, 0.2) is 0 Å². The van der Waals surface area contributed by atoms with Gasteiger partial charge in [-0.3, -0.25) is 9.78 Å². The van der Waals surface area contributed by atoms with E-state index in [4.69, 9.17) is 15.7 Å². The molecular formula is C26H30F3N7O2. The zero-order valence-corrected chi connectivity index (χ0v) is 21.3. The Bertz CT molecular complexity index is 1330. The molecule has 9 nitrogen and oxygen atoms in total. The Hall–Kier alpha value is -3.67. The van der Waals surface area contributed by atoms with Crippen molar-refractivity contribution in [1.29, 1.82) is 0 Å². The molecule has 0 radical (unpaired) electrons. The number of likely N-dealkylation sites (N-methyl/N-ethyl adjacent to an activating group) is 1. The molecule has 1 amide bonds. The minimum atomic E-state index is -4.83. The number of anilines is 2. The number of fused-ring (bicyclic) bond motifs is 1. The molecule has 12 heteroatoms. The minimum absolute atomic E-state index is 0.0587. The van der Waals surface area contributed by atoms with Crippen LogP contribution in [0, 0.1) is 6.92 Å². The number of nitrogens with two attached hydrogens (primary N) is 1. The molecule has 0 spiro atoms. The minimum Gasteiger partial charge on any atom is -0.406 e. The van der Waals surface area contributed by atoms with E-state index in [9.17, 15) is 18.0 Å². The number of ether oxygens (including phenoxy) is 1. The van der Waals surface area contributed by atoms with Gasteiger partial charge in [-0.15, -0.1) is 13.2 Å². The van der Waals surface area contributed by atoms with Gasteiger partial charge in [-0.25, -0.2) is 9.97 Å². The summed E-state index contributed by atoms with van der Waals surface area (Å²) in [5.41, 5.74) is 9.52. The van der Waals surface area contributed by atoms with E-state index >= 15 is 0 Å². The maximum Gasteiger partial charge on any atom is 0.573 e. The first-order chi connectivity index (χ1) is 18.1. The van der Waals surface area contributed by atoms with E-state index in [2.05, 4.69) is 32.6 Å². The van der Waals surface area contributed by atoms with Crippen molar-refractivity contribution in [2.24, 2.45) is 0 Å². The number of pyridine rings is 1. The topological polar surface area (TPSA) is 101 Å². The third-order valence-electron chi connectivity index (χ3n) is 7.18. The van der Waals surface area contributed by atoms with Crippen LogP contribution in [0.3, 0.4) is 0 Å². The van der Waals surface area contributed by atoms with Crippen molar-refractivity contribution in [3.63, 3.8) is 0 Å². The summed E-state index contributed by atoms with van der Waals surface area (Å²) in [7, 11) is 2.12. The summed E-state index contributed by atoms with van der Waals surface area (Å²) in [6.45, 7) is 6.69. The summed E-state index contributed by atoms with van der Waals surface area (Å²) in [6.07, 6.45) is -1.59. The highest BCUT2D eigenvalue weighted by Gasteiger charge is 2.32. The molecule has 0 aliphatic carbocycles. The number of hydrogen-bond donors (Lipinski definition) is 1. The lowest BCUT2D eigenvalue weighted by atomic mass is 9.91. The third kappa shape index (κ3) is 5.59. The number of amides is 1. The lowest BCUT2D eigenvalue weighted by Gasteiger charge is -2.34. The Balaban J connectivity index is 1.29. The second-order valence-electron chi connectivity index (χ2n) is 9.87. The first-order valence-corrected chi connectivity index (χ1v) is 12.6. The average molecular weight is 530 g/mol. The molecule has 2 aliphatic heterocycles. The van der Waals surface area contributed by atoms with E-state index in [1.54, 1.807) is 4.90 Å². The van der Waals surface area contributed by atoms with Gasteiger partial charge >= 0.3 is 6.36 Å². The SMILES string of the molecule is Cc1nc(C2CCN(C(=O)c3ccc(OC(F)(F)F)cc3N)CC2)c2ncc(N3CCN(C)CC3)cc2n1. The Morgan fingerprint density at radius 3 is 2.42 bits per heavy atom. The van der Waals surface area contributed by atoms with Crippen LogP contribution in [0.5, 0.6) is 5.75 Å². The van der Waals surface area contributed by atoms with Crippen LogP contribution < -0.4 is 15.4 Å². The Morgan fingerprint density at radius 1 is 1.05 bits per heavy atom. The van der Waals surface area contributed by atoms with E-state index in [-0.39, 0.29) is 23.1 Å². The van der Waals surface area contributed by atoms with Gasteiger partial charge in [0.1, 0.15) is 17.1 Å². The Labute approximate surface area is 218 Å². The van der Waals surface area contributed by atoms with Gasteiger partial charge in [0.05, 0.1) is 28.7 Å². The molecule has 3 aromatic rings. The first-order valence-electron chi connectivity index (χ1n) is 12.6. The number of rotatable bonds is 4. The van der Waals surface area contributed by atoms with E-state index < -0.39 is 12.1 Å². The largest absolute Gasteiger partial charge is 0.573 e. The van der Waals surface area contributed by atoms with Crippen LogP contribution in [-0.4, -0.2) is 83.3 Å². The van der Waals surface area contributed by atoms with Crippen LogP contribution in [0.25, 0.3) is 11.0 Å². The zero-order chi connectivity index (χ0) is 27.0. The van der Waals surface area contributed by atoms with Gasteiger partial charge in [-0.05, 0) is 45.0 Å². The lowest BCUT2D eigenvalue weighted by molar-refractivity contribution is -0.274. The van der Waals surface area contributed by atoms with E-state index in [1.165, 1.54) is 6.07 Å². The fourth-order valence-corrected chi connectivity index (χ4v) is 5.13. The first kappa shape index (κ1) is 26.0. The normalized spacial score (nSPS) is 17.7. The Morgan fingerprint density at radius 2 is 1.76 bits per heavy atom. The Kier molecular flexibility index (Phi) is 6.99.